The molecule has 104 valence electrons. The molecule has 0 bridgehead atoms. The van der Waals surface area contributed by atoms with Gasteiger partial charge < -0.3 is 15.0 Å². The molecule has 0 fully saturated rings. The maximum Gasteiger partial charge on any atom is 0.253 e. The average molecular weight is 288 g/mol. The molecule has 1 aromatic carbocycles. The summed E-state index contributed by atoms with van der Waals surface area (Å²) in [6.07, 6.45) is 1.75. The van der Waals surface area contributed by atoms with Crippen LogP contribution in [0.15, 0.2) is 41.3 Å². The zero-order chi connectivity index (χ0) is 14.7. The minimum Gasteiger partial charge on any atom is -0.496 e. The van der Waals surface area contributed by atoms with Crippen LogP contribution in [0.2, 0.25) is 0 Å². The predicted octanol–water partition coefficient (Wildman–Crippen LogP) is 1.85. The van der Waals surface area contributed by atoms with Crippen molar-refractivity contribution < 1.29 is 4.74 Å². The molecule has 0 aliphatic rings. The monoisotopic (exact) mass is 288 g/mol. The predicted molar refractivity (Wildman–Crippen MR) is 83.4 cm³/mol. The van der Waals surface area contributed by atoms with Crippen LogP contribution in [0.25, 0.3) is 0 Å². The van der Waals surface area contributed by atoms with E-state index < -0.39 is 0 Å². The average Bonchev–Trinajstić information content (AvgIpc) is 2.43. The van der Waals surface area contributed by atoms with Crippen LogP contribution in [0.3, 0.4) is 0 Å². The van der Waals surface area contributed by atoms with Gasteiger partial charge in [0.2, 0.25) is 0 Å². The van der Waals surface area contributed by atoms with Gasteiger partial charge in [0.25, 0.3) is 5.56 Å². The molecule has 0 atom stereocenters. The Kier molecular flexibility index (Phi) is 4.20. The fourth-order valence-electron chi connectivity index (χ4n) is 2.02. The third-order valence-electron chi connectivity index (χ3n) is 3.12. The Morgan fingerprint density at radius 3 is 2.80 bits per heavy atom. The standard InChI is InChI=1S/C15H16N2O2S/c1-10-4-3-7-17(15(10)18)9-12-8-11(14(16)20)5-6-13(12)19-2/h3-8H,9H2,1-2H3,(H2,16,20). The second-order valence-electron chi connectivity index (χ2n) is 4.52. The Labute approximate surface area is 122 Å². The lowest BCUT2D eigenvalue weighted by Crippen LogP contribution is -2.22. The minimum absolute atomic E-state index is 0.0183. The van der Waals surface area contributed by atoms with Crippen molar-refractivity contribution >= 4 is 17.2 Å². The van der Waals surface area contributed by atoms with E-state index in [9.17, 15) is 4.79 Å². The number of nitrogens with zero attached hydrogens (tertiary/aromatic N) is 1. The van der Waals surface area contributed by atoms with Gasteiger partial charge in [0.05, 0.1) is 13.7 Å². The first-order valence-electron chi connectivity index (χ1n) is 6.15. The minimum atomic E-state index is -0.0183. The van der Waals surface area contributed by atoms with Gasteiger partial charge in [0, 0.05) is 22.9 Å². The molecule has 2 rings (SSSR count). The highest BCUT2D eigenvalue weighted by Gasteiger charge is 2.08. The lowest BCUT2D eigenvalue weighted by molar-refractivity contribution is 0.408. The summed E-state index contributed by atoms with van der Waals surface area (Å²) in [6, 6.07) is 9.12. The lowest BCUT2D eigenvalue weighted by Gasteiger charge is -2.12. The van der Waals surface area contributed by atoms with Crippen molar-refractivity contribution in [2.24, 2.45) is 5.73 Å². The molecule has 4 nitrogen and oxygen atoms in total. The molecule has 2 aromatic rings. The second kappa shape index (κ2) is 5.88. The van der Waals surface area contributed by atoms with Crippen molar-refractivity contribution in [3.63, 3.8) is 0 Å². The largest absolute Gasteiger partial charge is 0.496 e. The van der Waals surface area contributed by atoms with Crippen LogP contribution in [-0.4, -0.2) is 16.7 Å². The van der Waals surface area contributed by atoms with Crippen molar-refractivity contribution in [1.29, 1.82) is 0 Å². The SMILES string of the molecule is COc1ccc(C(N)=S)cc1Cn1cccc(C)c1=O. The van der Waals surface area contributed by atoms with Crippen LogP contribution in [0, 0.1) is 6.92 Å². The molecule has 5 heteroatoms. The van der Waals surface area contributed by atoms with Crippen molar-refractivity contribution in [3.05, 3.63) is 63.6 Å². The molecular formula is C15H16N2O2S. The van der Waals surface area contributed by atoms with E-state index in [1.54, 1.807) is 30.9 Å². The van der Waals surface area contributed by atoms with Crippen molar-refractivity contribution in [1.82, 2.24) is 4.57 Å². The first-order chi connectivity index (χ1) is 9.52. The van der Waals surface area contributed by atoms with Gasteiger partial charge in [-0.15, -0.1) is 0 Å². The second-order valence-corrected chi connectivity index (χ2v) is 4.95. The molecule has 2 N–H and O–H groups in total. The van der Waals surface area contributed by atoms with E-state index in [0.29, 0.717) is 22.8 Å². The quantitative estimate of drug-likeness (QED) is 0.872. The normalized spacial score (nSPS) is 10.3. The van der Waals surface area contributed by atoms with E-state index in [1.807, 2.05) is 24.3 Å². The number of aryl methyl sites for hydroxylation is 1. The number of rotatable bonds is 4. The Morgan fingerprint density at radius 2 is 2.15 bits per heavy atom. The zero-order valence-corrected chi connectivity index (χ0v) is 12.2. The van der Waals surface area contributed by atoms with Gasteiger partial charge in [-0.05, 0) is 31.2 Å². The van der Waals surface area contributed by atoms with Crippen LogP contribution in [0.1, 0.15) is 16.7 Å². The summed E-state index contributed by atoms with van der Waals surface area (Å²) >= 11 is 4.98. The van der Waals surface area contributed by atoms with Gasteiger partial charge >= 0.3 is 0 Å². The molecule has 1 aromatic heterocycles. The number of pyridine rings is 1. The molecular weight excluding hydrogens is 272 g/mol. The van der Waals surface area contributed by atoms with Gasteiger partial charge in [0.15, 0.2) is 0 Å². The highest BCUT2D eigenvalue weighted by atomic mass is 32.1. The van der Waals surface area contributed by atoms with E-state index in [2.05, 4.69) is 0 Å². The smallest absolute Gasteiger partial charge is 0.253 e. The number of methoxy groups -OCH3 is 1. The molecule has 0 radical (unpaired) electrons. The number of hydrogen-bond acceptors (Lipinski definition) is 3. The third kappa shape index (κ3) is 2.88. The van der Waals surface area contributed by atoms with Crippen molar-refractivity contribution in [3.8, 4) is 5.75 Å². The molecule has 0 spiro atoms. The highest BCUT2D eigenvalue weighted by molar-refractivity contribution is 7.80. The van der Waals surface area contributed by atoms with Gasteiger partial charge in [-0.2, -0.15) is 0 Å². The van der Waals surface area contributed by atoms with Gasteiger partial charge in [0.1, 0.15) is 10.7 Å². The maximum atomic E-state index is 12.1. The van der Waals surface area contributed by atoms with Crippen molar-refractivity contribution in [2.75, 3.05) is 7.11 Å². The number of aromatic nitrogens is 1. The maximum absolute atomic E-state index is 12.1. The summed E-state index contributed by atoms with van der Waals surface area (Å²) in [4.78, 5) is 12.4. The molecule has 0 amide bonds. The lowest BCUT2D eigenvalue weighted by atomic mass is 10.1. The fraction of sp³-hybridized carbons (Fsp3) is 0.200. The molecule has 1 heterocycles. The molecule has 20 heavy (non-hydrogen) atoms. The molecule has 0 unspecified atom stereocenters. The number of nitrogens with two attached hydrogens (primary N) is 1. The molecule has 0 saturated carbocycles. The number of ether oxygens (including phenoxy) is 1. The first kappa shape index (κ1) is 14.3. The Hall–Kier alpha value is -2.14. The summed E-state index contributed by atoms with van der Waals surface area (Å²) in [5, 5.41) is 0. The van der Waals surface area contributed by atoms with Crippen LogP contribution in [0.4, 0.5) is 0 Å². The van der Waals surface area contributed by atoms with Crippen LogP contribution < -0.4 is 16.0 Å². The van der Waals surface area contributed by atoms with E-state index >= 15 is 0 Å². The molecule has 0 aliphatic carbocycles. The highest BCUT2D eigenvalue weighted by Crippen LogP contribution is 2.20. The topological polar surface area (TPSA) is 57.2 Å². The van der Waals surface area contributed by atoms with Crippen LogP contribution in [0.5, 0.6) is 5.75 Å². The summed E-state index contributed by atoms with van der Waals surface area (Å²) < 4.78 is 6.96. The number of benzene rings is 1. The van der Waals surface area contributed by atoms with E-state index in [-0.39, 0.29) is 5.56 Å². The fourth-order valence-corrected chi connectivity index (χ4v) is 2.15. The van der Waals surface area contributed by atoms with E-state index in [0.717, 1.165) is 11.1 Å². The summed E-state index contributed by atoms with van der Waals surface area (Å²) in [5.74, 6) is 0.707. The first-order valence-corrected chi connectivity index (χ1v) is 6.56. The Balaban J connectivity index is 2.46. The number of hydrogen-bond donors (Lipinski definition) is 1. The number of thiocarbonyl (C=S) groups is 1. The Morgan fingerprint density at radius 1 is 1.40 bits per heavy atom. The summed E-state index contributed by atoms with van der Waals surface area (Å²) in [6.45, 7) is 2.21. The van der Waals surface area contributed by atoms with Crippen molar-refractivity contribution in [2.45, 2.75) is 13.5 Å². The third-order valence-corrected chi connectivity index (χ3v) is 3.35. The summed E-state index contributed by atoms with van der Waals surface area (Å²) in [7, 11) is 1.60. The van der Waals surface area contributed by atoms with Gasteiger partial charge in [-0.1, -0.05) is 18.3 Å². The zero-order valence-electron chi connectivity index (χ0n) is 11.4. The van der Waals surface area contributed by atoms with Crippen LogP contribution >= 0.6 is 12.2 Å². The van der Waals surface area contributed by atoms with E-state index in [1.165, 1.54) is 0 Å². The molecule has 0 saturated heterocycles. The van der Waals surface area contributed by atoms with Crippen LogP contribution in [-0.2, 0) is 6.54 Å². The molecule has 0 aliphatic heterocycles. The Bertz CT molecular complexity index is 707. The van der Waals surface area contributed by atoms with E-state index in [4.69, 9.17) is 22.7 Å². The summed E-state index contributed by atoms with van der Waals surface area (Å²) in [5.41, 5.74) is 7.96. The van der Waals surface area contributed by atoms with Gasteiger partial charge in [-0.25, -0.2) is 0 Å². The van der Waals surface area contributed by atoms with Gasteiger partial charge in [-0.3, -0.25) is 4.79 Å².